The van der Waals surface area contributed by atoms with E-state index in [0.717, 1.165) is 34.6 Å². The van der Waals surface area contributed by atoms with Gasteiger partial charge in [-0.25, -0.2) is 0 Å². The summed E-state index contributed by atoms with van der Waals surface area (Å²) in [6.07, 6.45) is 15.5. The van der Waals surface area contributed by atoms with E-state index < -0.39 is 5.97 Å². The molecule has 0 radical (unpaired) electrons. The lowest BCUT2D eigenvalue weighted by Crippen LogP contribution is -2.10. The van der Waals surface area contributed by atoms with Crippen LogP contribution >= 0.6 is 23.2 Å². The third kappa shape index (κ3) is 12.8. The van der Waals surface area contributed by atoms with Crippen LogP contribution in [0.25, 0.3) is 11.6 Å². The number of aliphatic carboxylic acids is 1. The Bertz CT molecular complexity index is 1170. The molecule has 0 aliphatic carbocycles. The van der Waals surface area contributed by atoms with E-state index in [1.165, 1.54) is 5.54 Å². The van der Waals surface area contributed by atoms with Crippen LogP contribution in [-0.2, 0) is 9.53 Å². The van der Waals surface area contributed by atoms with Crippen LogP contribution in [0.15, 0.2) is 93.9 Å². The van der Waals surface area contributed by atoms with E-state index in [1.807, 2.05) is 63.2 Å². The zero-order valence-corrected chi connectivity index (χ0v) is 24.4. The molecule has 0 atom stereocenters. The largest absolute Gasteiger partial charge is 0.498 e. The second-order valence-electron chi connectivity index (χ2n) is 8.57. The maximum atomic E-state index is 10.6. The van der Waals surface area contributed by atoms with E-state index in [9.17, 15) is 4.79 Å². The summed E-state index contributed by atoms with van der Waals surface area (Å²) in [6, 6.07) is 6.29. The van der Waals surface area contributed by atoms with Crippen LogP contribution in [0.3, 0.4) is 0 Å². The molecule has 1 aromatic carbocycles. The number of aryl methyl sites for hydroxylation is 1. The summed E-state index contributed by atoms with van der Waals surface area (Å²) in [5.74, 6) is -0.0738. The lowest BCUT2D eigenvalue weighted by atomic mass is 10.00. The van der Waals surface area contributed by atoms with Crippen molar-refractivity contribution < 1.29 is 14.6 Å². The van der Waals surface area contributed by atoms with Gasteiger partial charge in [0.25, 0.3) is 0 Å². The molecule has 0 heterocycles. The van der Waals surface area contributed by atoms with Crippen molar-refractivity contribution in [1.82, 2.24) is 4.90 Å². The number of carbonyl (C=O) groups is 1. The number of rotatable bonds is 15. The number of halogens is 2. The molecular weight excluding hydrogens is 519 g/mol. The molecule has 1 rings (SSSR count). The Balaban J connectivity index is 3.09. The average Bonchev–Trinajstić information content (AvgIpc) is 2.88. The second-order valence-corrected chi connectivity index (χ2v) is 9.28. The number of hydrogen-bond acceptors (Lipinski definition) is 4. The summed E-state index contributed by atoms with van der Waals surface area (Å²) >= 11 is 11.9. The van der Waals surface area contributed by atoms with Crippen molar-refractivity contribution in [3.05, 3.63) is 106 Å². The summed E-state index contributed by atoms with van der Waals surface area (Å²) in [5.41, 5.74) is 7.14. The molecule has 1 N–H and O–H groups in total. The molecule has 0 unspecified atom stereocenters. The number of aliphatic imine (C=N–C) groups is 1. The van der Waals surface area contributed by atoms with Crippen LogP contribution in [-0.4, -0.2) is 42.4 Å². The number of carboxylic acids is 1. The Labute approximate surface area is 237 Å². The molecule has 0 amide bonds. The first-order valence-corrected chi connectivity index (χ1v) is 13.2. The minimum Gasteiger partial charge on any atom is -0.498 e. The molecule has 0 saturated heterocycles. The van der Waals surface area contributed by atoms with E-state index in [-0.39, 0.29) is 6.42 Å². The Kier molecular flexibility index (Phi) is 15.6. The van der Waals surface area contributed by atoms with Gasteiger partial charge in [-0.15, -0.1) is 0 Å². The van der Waals surface area contributed by atoms with E-state index in [0.29, 0.717) is 29.3 Å². The molecule has 1 aromatic rings. The number of hydrogen-bond donors (Lipinski definition) is 1. The van der Waals surface area contributed by atoms with Crippen molar-refractivity contribution >= 4 is 47.0 Å². The second kappa shape index (κ2) is 18.1. The molecule has 0 fully saturated rings. The van der Waals surface area contributed by atoms with Gasteiger partial charge in [-0.1, -0.05) is 66.2 Å². The van der Waals surface area contributed by atoms with Crippen molar-refractivity contribution in [2.45, 2.75) is 40.5 Å². The summed E-state index contributed by atoms with van der Waals surface area (Å²) in [6.45, 7) is 13.1. The summed E-state index contributed by atoms with van der Waals surface area (Å²) in [4.78, 5) is 17.2. The molecule has 0 aliphatic heterocycles. The molecule has 0 saturated carbocycles. The van der Waals surface area contributed by atoms with Gasteiger partial charge < -0.3 is 14.7 Å². The van der Waals surface area contributed by atoms with Gasteiger partial charge >= 0.3 is 5.97 Å². The average molecular weight is 558 g/mol. The highest BCUT2D eigenvalue weighted by Gasteiger charge is 2.07. The summed E-state index contributed by atoms with van der Waals surface area (Å²) < 4.78 is 5.58. The molecule has 7 heteroatoms. The van der Waals surface area contributed by atoms with Crippen LogP contribution in [0.2, 0.25) is 0 Å². The van der Waals surface area contributed by atoms with Crippen LogP contribution in [0.1, 0.15) is 50.3 Å². The van der Waals surface area contributed by atoms with E-state index in [2.05, 4.69) is 36.7 Å². The summed E-state index contributed by atoms with van der Waals surface area (Å²) in [7, 11) is 1.96. The maximum Gasteiger partial charge on any atom is 0.303 e. The molecule has 0 spiro atoms. The van der Waals surface area contributed by atoms with Crippen LogP contribution in [0.5, 0.6) is 0 Å². The van der Waals surface area contributed by atoms with Gasteiger partial charge in [-0.3, -0.25) is 9.79 Å². The third-order valence-electron chi connectivity index (χ3n) is 5.49. The number of allylic oxidation sites excluding steroid dienone is 8. The zero-order valence-electron chi connectivity index (χ0n) is 22.9. The first kappa shape index (κ1) is 32.7. The molecule has 5 nitrogen and oxygen atoms in total. The smallest absolute Gasteiger partial charge is 0.303 e. The minimum atomic E-state index is -0.815. The third-order valence-corrected chi connectivity index (χ3v) is 5.84. The maximum absolute atomic E-state index is 10.6. The number of nitrogens with zero attached hydrogens (tertiary/aromatic N) is 2. The van der Waals surface area contributed by atoms with Crippen LogP contribution < -0.4 is 0 Å². The normalized spacial score (nSPS) is 13.7. The van der Waals surface area contributed by atoms with Crippen molar-refractivity contribution in [3.8, 4) is 0 Å². The van der Waals surface area contributed by atoms with Crippen LogP contribution in [0.4, 0.5) is 0 Å². The topological polar surface area (TPSA) is 62.1 Å². The molecular formula is C31H38Cl2N2O3. The van der Waals surface area contributed by atoms with Gasteiger partial charge in [0.1, 0.15) is 0 Å². The highest BCUT2D eigenvalue weighted by atomic mass is 35.5. The molecule has 38 heavy (non-hydrogen) atoms. The fourth-order valence-corrected chi connectivity index (χ4v) is 3.33. The van der Waals surface area contributed by atoms with Crippen molar-refractivity contribution in [2.75, 3.05) is 20.2 Å². The predicted molar refractivity (Wildman–Crippen MR) is 163 cm³/mol. The standard InChI is InChI=1S/C31H38Cl2N2O3/c1-7-35(6)22-30(29(26(5)33)12-8-18-32)34-19-9-11-27-21-28(17-15-24(27)3)23(2)14-16-25(4)38-20-10-13-31(36)37/h8-9,11-12,14-19,21-22H,5,7,10,13,20H2,1-4,6H3,(H,36,37)/b11-9+,18-8+,23-14+,25-16+,29-12+,30-22-,34-19-. The monoisotopic (exact) mass is 556 g/mol. The predicted octanol–water partition coefficient (Wildman–Crippen LogP) is 8.49. The van der Waals surface area contributed by atoms with Gasteiger partial charge in [0.2, 0.25) is 0 Å². The Morgan fingerprint density at radius 2 is 1.95 bits per heavy atom. The first-order chi connectivity index (χ1) is 18.1. The lowest BCUT2D eigenvalue weighted by Gasteiger charge is -2.13. The highest BCUT2D eigenvalue weighted by Crippen LogP contribution is 2.23. The SMILES string of the molecule is C=C(Cl)C(=C\C=C\Cl)/C(=C/N(C)CC)/N=C\C=C\c1cc(/C(C)=C/C=C(\C)OCCCC(=O)O)ccc1C. The van der Waals surface area contributed by atoms with Gasteiger partial charge in [-0.2, -0.15) is 0 Å². The van der Waals surface area contributed by atoms with Gasteiger partial charge in [0.15, 0.2) is 0 Å². The zero-order chi connectivity index (χ0) is 28.5. The van der Waals surface area contributed by atoms with Crippen molar-refractivity contribution in [2.24, 2.45) is 4.99 Å². The van der Waals surface area contributed by atoms with E-state index >= 15 is 0 Å². The minimum absolute atomic E-state index is 0.102. The lowest BCUT2D eigenvalue weighted by molar-refractivity contribution is -0.137. The summed E-state index contributed by atoms with van der Waals surface area (Å²) in [5, 5.41) is 9.09. The van der Waals surface area contributed by atoms with Crippen molar-refractivity contribution in [1.29, 1.82) is 0 Å². The highest BCUT2D eigenvalue weighted by molar-refractivity contribution is 6.32. The Hall–Kier alpha value is -3.28. The molecule has 0 aliphatic rings. The van der Waals surface area contributed by atoms with Crippen LogP contribution in [0, 0.1) is 6.92 Å². The first-order valence-electron chi connectivity index (χ1n) is 12.3. The molecule has 0 aromatic heterocycles. The molecule has 204 valence electrons. The van der Waals surface area contributed by atoms with E-state index in [1.54, 1.807) is 18.4 Å². The van der Waals surface area contributed by atoms with Gasteiger partial charge in [0.05, 0.1) is 18.1 Å². The quantitative estimate of drug-likeness (QED) is 0.102. The number of carboxylic acid groups (broad SMARTS) is 1. The van der Waals surface area contributed by atoms with Gasteiger partial charge in [-0.05, 0) is 74.6 Å². The molecule has 0 bridgehead atoms. The van der Waals surface area contributed by atoms with Gasteiger partial charge in [0, 0.05) is 48.6 Å². The Morgan fingerprint density at radius 3 is 2.58 bits per heavy atom. The van der Waals surface area contributed by atoms with E-state index in [4.69, 9.17) is 33.0 Å². The van der Waals surface area contributed by atoms with Crippen molar-refractivity contribution in [3.63, 3.8) is 0 Å². The Morgan fingerprint density at radius 1 is 1.21 bits per heavy atom. The fourth-order valence-electron chi connectivity index (χ4n) is 3.10. The fraction of sp³-hybridized carbons (Fsp3) is 0.290. The number of benzene rings is 1. The number of ether oxygens (including phenoxy) is 1.